The van der Waals surface area contributed by atoms with Gasteiger partial charge in [-0.15, -0.1) is 0 Å². The number of rotatable bonds is 2. The predicted octanol–water partition coefficient (Wildman–Crippen LogP) is 1.73. The number of benzene rings is 1. The second-order valence-corrected chi connectivity index (χ2v) is 4.58. The van der Waals surface area contributed by atoms with Crippen LogP contribution in [0.4, 0.5) is 4.39 Å². The molecule has 1 aromatic carbocycles. The lowest BCUT2D eigenvalue weighted by atomic mass is 9.77. The van der Waals surface area contributed by atoms with E-state index in [1.165, 1.54) is 6.07 Å². The van der Waals surface area contributed by atoms with E-state index in [9.17, 15) is 14.2 Å². The summed E-state index contributed by atoms with van der Waals surface area (Å²) < 4.78 is 23.9. The van der Waals surface area contributed by atoms with E-state index in [-0.39, 0.29) is 29.7 Å². The summed E-state index contributed by atoms with van der Waals surface area (Å²) in [5.74, 6) is -1.06. The topological polar surface area (TPSA) is 55.8 Å². The van der Waals surface area contributed by atoms with Crippen molar-refractivity contribution >= 4 is 13.1 Å². The molecule has 1 aliphatic carbocycles. The molecule has 0 radical (unpaired) electrons. The van der Waals surface area contributed by atoms with Crippen LogP contribution in [-0.2, 0) is 4.74 Å². The molecule has 2 unspecified atom stereocenters. The Balaban J connectivity index is 2.08. The Kier molecular flexibility index (Phi) is 2.55. The number of ether oxygens (including phenoxy) is 1. The van der Waals surface area contributed by atoms with Crippen molar-refractivity contribution < 1.29 is 23.6 Å². The molecule has 0 spiro atoms. The van der Waals surface area contributed by atoms with Crippen LogP contribution in [0.1, 0.15) is 35.2 Å². The highest BCUT2D eigenvalue weighted by molar-refractivity contribution is 6.48. The van der Waals surface area contributed by atoms with Gasteiger partial charge in [0.1, 0.15) is 17.1 Å². The van der Waals surface area contributed by atoms with Crippen molar-refractivity contribution in [3.05, 3.63) is 29.1 Å². The van der Waals surface area contributed by atoms with Crippen molar-refractivity contribution in [3.8, 4) is 5.75 Å². The lowest BCUT2D eigenvalue weighted by Gasteiger charge is -2.21. The minimum Gasteiger partial charge on any atom is -0.535 e. The first-order chi connectivity index (χ1) is 8.63. The zero-order valence-corrected chi connectivity index (χ0v) is 9.85. The van der Waals surface area contributed by atoms with Crippen LogP contribution in [0, 0.1) is 5.82 Å². The molecule has 0 saturated heterocycles. The third-order valence-electron chi connectivity index (χ3n) is 3.46. The lowest BCUT2D eigenvalue weighted by molar-refractivity contribution is 0.0518. The summed E-state index contributed by atoms with van der Waals surface area (Å²) in [5.41, 5.74) is 0.577. The van der Waals surface area contributed by atoms with E-state index in [0.717, 1.165) is 12.0 Å². The molecule has 2 atom stereocenters. The average molecular weight is 250 g/mol. The van der Waals surface area contributed by atoms with Crippen molar-refractivity contribution in [2.75, 3.05) is 6.61 Å². The summed E-state index contributed by atoms with van der Waals surface area (Å²) in [5, 5.41) is 9.70. The molecular weight excluding hydrogens is 238 g/mol. The van der Waals surface area contributed by atoms with Crippen molar-refractivity contribution in [2.45, 2.75) is 25.1 Å². The smallest absolute Gasteiger partial charge is 0.526 e. The summed E-state index contributed by atoms with van der Waals surface area (Å²) in [6, 6.07) is 2.87. The van der Waals surface area contributed by atoms with Crippen LogP contribution in [0.15, 0.2) is 12.1 Å². The highest BCUT2D eigenvalue weighted by atomic mass is 19.1. The van der Waals surface area contributed by atoms with Crippen LogP contribution in [0.5, 0.6) is 5.75 Å². The molecule has 1 heterocycles. The number of hydrogen-bond acceptors (Lipinski definition) is 4. The first-order valence-electron chi connectivity index (χ1n) is 5.97. The molecule has 1 N–H and O–H groups in total. The summed E-state index contributed by atoms with van der Waals surface area (Å²) in [6.45, 7) is 1.81. The lowest BCUT2D eigenvalue weighted by Crippen LogP contribution is -2.28. The maximum absolute atomic E-state index is 13.8. The van der Waals surface area contributed by atoms with E-state index in [1.54, 1.807) is 13.0 Å². The summed E-state index contributed by atoms with van der Waals surface area (Å²) in [6.07, 6.45) is 0.808. The number of hydrogen-bond donors (Lipinski definition) is 1. The van der Waals surface area contributed by atoms with Gasteiger partial charge in [0.25, 0.3) is 0 Å². The fourth-order valence-corrected chi connectivity index (χ4v) is 2.48. The van der Waals surface area contributed by atoms with E-state index in [0.29, 0.717) is 0 Å². The monoisotopic (exact) mass is 250 g/mol. The number of carbonyl (C=O) groups excluding carboxylic acids is 1. The third-order valence-corrected chi connectivity index (χ3v) is 3.46. The van der Waals surface area contributed by atoms with E-state index in [4.69, 9.17) is 9.39 Å². The van der Waals surface area contributed by atoms with Gasteiger partial charge < -0.3 is 14.4 Å². The molecule has 2 aliphatic rings. The van der Waals surface area contributed by atoms with Crippen molar-refractivity contribution in [3.63, 3.8) is 0 Å². The van der Waals surface area contributed by atoms with Gasteiger partial charge >= 0.3 is 13.1 Å². The fraction of sp³-hybridized carbons (Fsp3) is 0.417. The first-order valence-corrected chi connectivity index (χ1v) is 5.97. The first kappa shape index (κ1) is 11.5. The zero-order chi connectivity index (χ0) is 12.9. The van der Waals surface area contributed by atoms with Gasteiger partial charge in [0.05, 0.1) is 6.61 Å². The largest absolute Gasteiger partial charge is 0.535 e. The minimum atomic E-state index is -0.961. The number of esters is 1. The molecule has 1 aliphatic heterocycles. The van der Waals surface area contributed by atoms with Crippen LogP contribution in [0.3, 0.4) is 0 Å². The summed E-state index contributed by atoms with van der Waals surface area (Å²) in [4.78, 5) is 11.7. The number of carbonyl (C=O) groups is 1. The molecule has 0 amide bonds. The molecule has 0 aromatic heterocycles. The molecule has 6 heteroatoms. The maximum Gasteiger partial charge on any atom is 0.526 e. The van der Waals surface area contributed by atoms with Gasteiger partial charge in [-0.1, -0.05) is 6.07 Å². The van der Waals surface area contributed by atoms with Gasteiger partial charge in [0.15, 0.2) is 0 Å². The Morgan fingerprint density at radius 3 is 3.17 bits per heavy atom. The van der Waals surface area contributed by atoms with Gasteiger partial charge in [-0.2, -0.15) is 0 Å². The van der Waals surface area contributed by atoms with E-state index >= 15 is 0 Å². The van der Waals surface area contributed by atoms with Crippen molar-refractivity contribution in [1.29, 1.82) is 0 Å². The Labute approximate surface area is 104 Å². The molecule has 4 nitrogen and oxygen atoms in total. The van der Waals surface area contributed by atoms with Gasteiger partial charge in [-0.25, -0.2) is 9.18 Å². The maximum atomic E-state index is 13.8. The van der Waals surface area contributed by atoms with Gasteiger partial charge in [0, 0.05) is 5.82 Å². The normalized spacial score (nSPS) is 23.8. The number of halogens is 1. The van der Waals surface area contributed by atoms with E-state index < -0.39 is 18.9 Å². The standard InChI is InChI=1S/C12H12BFO4/c1-2-17-12(15)10-9(14)4-3-6-7-5-8(7)13(16)18-11(6)10/h3-4,7-8,16H,2,5H2,1H3. The van der Waals surface area contributed by atoms with Crippen LogP contribution < -0.4 is 4.65 Å². The second kappa shape index (κ2) is 3.98. The van der Waals surface area contributed by atoms with Gasteiger partial charge in [0.2, 0.25) is 0 Å². The summed E-state index contributed by atoms with van der Waals surface area (Å²) >= 11 is 0. The Morgan fingerprint density at radius 1 is 1.67 bits per heavy atom. The molecule has 1 saturated carbocycles. The minimum absolute atomic E-state index is 0.0676. The van der Waals surface area contributed by atoms with Crippen LogP contribution in [0.25, 0.3) is 0 Å². The zero-order valence-electron chi connectivity index (χ0n) is 9.85. The quantitative estimate of drug-likeness (QED) is 0.641. The SMILES string of the molecule is CCOC(=O)c1c(F)ccc2c1OB(O)C1CC21. The molecular formula is C12H12BFO4. The second-order valence-electron chi connectivity index (χ2n) is 4.58. The van der Waals surface area contributed by atoms with Crippen LogP contribution in [-0.4, -0.2) is 24.7 Å². The molecule has 94 valence electrons. The fourth-order valence-electron chi connectivity index (χ4n) is 2.48. The van der Waals surface area contributed by atoms with Crippen molar-refractivity contribution in [1.82, 2.24) is 0 Å². The highest BCUT2D eigenvalue weighted by Gasteiger charge is 2.54. The van der Waals surface area contributed by atoms with E-state index in [1.807, 2.05) is 0 Å². The van der Waals surface area contributed by atoms with E-state index in [2.05, 4.69) is 0 Å². The third kappa shape index (κ3) is 1.60. The average Bonchev–Trinajstić information content (AvgIpc) is 3.09. The molecule has 18 heavy (non-hydrogen) atoms. The predicted molar refractivity (Wildman–Crippen MR) is 62.1 cm³/mol. The van der Waals surface area contributed by atoms with Crippen LogP contribution >= 0.6 is 0 Å². The molecule has 0 bridgehead atoms. The Bertz CT molecular complexity index is 519. The van der Waals surface area contributed by atoms with Gasteiger partial charge in [-0.05, 0) is 30.9 Å². The Morgan fingerprint density at radius 2 is 2.44 bits per heavy atom. The Hall–Kier alpha value is -1.56. The number of fused-ring (bicyclic) bond motifs is 3. The molecule has 3 rings (SSSR count). The van der Waals surface area contributed by atoms with Crippen molar-refractivity contribution in [2.24, 2.45) is 0 Å². The molecule has 1 fully saturated rings. The molecule has 1 aromatic rings. The highest BCUT2D eigenvalue weighted by Crippen LogP contribution is 2.60. The van der Waals surface area contributed by atoms with Crippen LogP contribution in [0.2, 0.25) is 5.82 Å². The van der Waals surface area contributed by atoms with Gasteiger partial charge in [-0.3, -0.25) is 0 Å². The summed E-state index contributed by atoms with van der Waals surface area (Å²) in [7, 11) is -0.961.